The number of nitrogens with two attached hydrogens (primary N) is 1. The van der Waals surface area contributed by atoms with Crippen molar-refractivity contribution in [2.24, 2.45) is 11.7 Å². The van der Waals surface area contributed by atoms with Gasteiger partial charge in [-0.1, -0.05) is 48.2 Å². The van der Waals surface area contributed by atoms with Crippen molar-refractivity contribution in [2.75, 3.05) is 26.2 Å². The Labute approximate surface area is 141 Å². The highest BCUT2D eigenvalue weighted by Crippen LogP contribution is 2.19. The van der Waals surface area contributed by atoms with Crippen LogP contribution in [-0.4, -0.2) is 43.7 Å². The number of fused-ring (bicyclic) bond motifs is 1. The molecule has 0 bridgehead atoms. The topological polar surface area (TPSA) is 41.3 Å². The van der Waals surface area contributed by atoms with E-state index >= 15 is 0 Å². The van der Waals surface area contributed by atoms with E-state index in [-0.39, 0.29) is 0 Å². The van der Waals surface area contributed by atoms with Crippen LogP contribution >= 0.6 is 0 Å². The molecule has 1 fully saturated rings. The molecule has 2 aliphatic heterocycles. The molecule has 1 saturated heterocycles. The first-order chi connectivity index (χ1) is 11.1. The van der Waals surface area contributed by atoms with Crippen LogP contribution in [0.15, 0.2) is 30.5 Å². The van der Waals surface area contributed by atoms with Crippen LogP contribution in [0.4, 0.5) is 0 Å². The van der Waals surface area contributed by atoms with Crippen LogP contribution in [0, 0.1) is 12.8 Å². The van der Waals surface area contributed by atoms with Gasteiger partial charge in [0.15, 0.2) is 6.71 Å². The maximum atomic E-state index is 5.84. The average Bonchev–Trinajstić information content (AvgIpc) is 2.85. The number of benzene rings is 1. The van der Waals surface area contributed by atoms with Gasteiger partial charge in [0.25, 0.3) is 0 Å². The van der Waals surface area contributed by atoms with Crippen molar-refractivity contribution >= 4 is 12.2 Å². The van der Waals surface area contributed by atoms with Gasteiger partial charge in [-0.3, -0.25) is 4.90 Å². The van der Waals surface area contributed by atoms with Crippen LogP contribution in [0.5, 0.6) is 0 Å². The first kappa shape index (κ1) is 16.6. The third kappa shape index (κ3) is 3.64. The van der Waals surface area contributed by atoms with E-state index in [9.17, 15) is 0 Å². The van der Waals surface area contributed by atoms with Gasteiger partial charge < -0.3 is 11.1 Å². The molecular formula is C19H30BN3. The van der Waals surface area contributed by atoms with E-state index < -0.39 is 0 Å². The third-order valence-corrected chi connectivity index (χ3v) is 5.65. The summed E-state index contributed by atoms with van der Waals surface area (Å²) in [4.78, 5) is 2.51. The van der Waals surface area contributed by atoms with Crippen molar-refractivity contribution in [3.05, 3.63) is 41.6 Å². The van der Waals surface area contributed by atoms with Crippen molar-refractivity contribution in [2.45, 2.75) is 39.0 Å². The summed E-state index contributed by atoms with van der Waals surface area (Å²) >= 11 is 0. The lowest BCUT2D eigenvalue weighted by atomic mass is 9.44. The zero-order valence-corrected chi connectivity index (χ0v) is 14.6. The highest BCUT2D eigenvalue weighted by atomic mass is 15.2. The number of aryl methyl sites for hydroxylation is 1. The van der Waals surface area contributed by atoms with Gasteiger partial charge in [-0.2, -0.15) is 0 Å². The Bertz CT molecular complexity index is 572. The molecule has 2 unspecified atom stereocenters. The van der Waals surface area contributed by atoms with Crippen molar-refractivity contribution in [1.82, 2.24) is 10.2 Å². The fraction of sp³-hybridized carbons (Fsp3) is 0.579. The number of likely N-dealkylation sites (tertiary alicyclic amines) is 1. The Morgan fingerprint density at radius 2 is 2.30 bits per heavy atom. The van der Waals surface area contributed by atoms with Gasteiger partial charge >= 0.3 is 0 Å². The maximum absolute atomic E-state index is 5.84. The molecule has 0 saturated carbocycles. The van der Waals surface area contributed by atoms with E-state index in [1.165, 1.54) is 30.5 Å². The number of nitrogens with one attached hydrogen (secondary N) is 1. The van der Waals surface area contributed by atoms with Gasteiger partial charge in [0.1, 0.15) is 0 Å². The van der Waals surface area contributed by atoms with Gasteiger partial charge in [0.05, 0.1) is 0 Å². The lowest BCUT2D eigenvalue weighted by Crippen LogP contribution is -2.47. The van der Waals surface area contributed by atoms with E-state index in [0.717, 1.165) is 31.8 Å². The predicted molar refractivity (Wildman–Crippen MR) is 100 cm³/mol. The second-order valence-corrected chi connectivity index (χ2v) is 7.47. The Morgan fingerprint density at radius 3 is 3.04 bits per heavy atom. The first-order valence-corrected chi connectivity index (χ1v) is 9.03. The molecule has 2 aliphatic rings. The fourth-order valence-electron chi connectivity index (χ4n) is 4.43. The highest BCUT2D eigenvalue weighted by Gasteiger charge is 2.33. The smallest absolute Gasteiger partial charge is 0.199 e. The summed E-state index contributed by atoms with van der Waals surface area (Å²) in [6, 6.07) is 6.69. The van der Waals surface area contributed by atoms with Crippen LogP contribution < -0.4 is 16.5 Å². The number of nitrogens with zero attached hydrogens (tertiary/aromatic N) is 1. The van der Waals surface area contributed by atoms with Crippen molar-refractivity contribution in [3.63, 3.8) is 0 Å². The van der Waals surface area contributed by atoms with Gasteiger partial charge in [0, 0.05) is 24.7 Å². The fourth-order valence-corrected chi connectivity index (χ4v) is 4.43. The number of hydrogen-bond donors (Lipinski definition) is 2. The standard InChI is InChI=1S/C19H30BN3/c1-14-6-4-8-17-10-18(20(3)19(14)17)22-15(2)12-23-9-5-7-16(11-21)13-23/h4,6,8,16,18,22H,2,5,7,9-13,21H2,1,3H3. The van der Waals surface area contributed by atoms with Crippen molar-refractivity contribution in [1.29, 1.82) is 0 Å². The summed E-state index contributed by atoms with van der Waals surface area (Å²) in [6.07, 6.45) is 3.66. The third-order valence-electron chi connectivity index (χ3n) is 5.65. The molecule has 0 amide bonds. The summed E-state index contributed by atoms with van der Waals surface area (Å²) in [5, 5.41) is 3.72. The van der Waals surface area contributed by atoms with E-state index in [2.05, 4.69) is 48.7 Å². The van der Waals surface area contributed by atoms with Gasteiger partial charge in [-0.15, -0.1) is 0 Å². The summed E-state index contributed by atoms with van der Waals surface area (Å²) in [5.41, 5.74) is 11.5. The zero-order chi connectivity index (χ0) is 16.4. The van der Waals surface area contributed by atoms with Gasteiger partial charge in [-0.25, -0.2) is 0 Å². The second-order valence-electron chi connectivity index (χ2n) is 7.47. The zero-order valence-electron chi connectivity index (χ0n) is 14.6. The van der Waals surface area contributed by atoms with Crippen molar-refractivity contribution < 1.29 is 0 Å². The van der Waals surface area contributed by atoms with E-state index in [1.807, 2.05) is 0 Å². The SMILES string of the molecule is C=C(CN1CCCC(CN)C1)NC1Cc2cccc(C)c2B1C. The summed E-state index contributed by atoms with van der Waals surface area (Å²) < 4.78 is 0. The van der Waals surface area contributed by atoms with Crippen LogP contribution in [0.2, 0.25) is 6.82 Å². The summed E-state index contributed by atoms with van der Waals surface area (Å²) in [5.74, 6) is 1.14. The highest BCUT2D eigenvalue weighted by molar-refractivity contribution is 6.75. The molecule has 1 aromatic rings. The molecular weight excluding hydrogens is 281 g/mol. The minimum absolute atomic E-state index is 0.480. The molecule has 1 aromatic carbocycles. The predicted octanol–water partition coefficient (Wildman–Crippen LogP) is 1.56. The lowest BCUT2D eigenvalue weighted by molar-refractivity contribution is 0.189. The van der Waals surface area contributed by atoms with E-state index in [0.29, 0.717) is 18.6 Å². The second kappa shape index (κ2) is 7.10. The molecule has 0 aromatic heterocycles. The Kier molecular flexibility index (Phi) is 5.13. The summed E-state index contributed by atoms with van der Waals surface area (Å²) in [6.45, 7) is 13.5. The number of rotatable bonds is 5. The molecule has 3 nitrogen and oxygen atoms in total. The Balaban J connectivity index is 1.56. The molecule has 3 rings (SSSR count). The Hall–Kier alpha value is -1.26. The Morgan fingerprint density at radius 1 is 1.48 bits per heavy atom. The van der Waals surface area contributed by atoms with Gasteiger partial charge in [0.2, 0.25) is 0 Å². The molecule has 2 heterocycles. The molecule has 4 heteroatoms. The normalized spacial score (nSPS) is 24.6. The maximum Gasteiger partial charge on any atom is 0.199 e. The molecule has 0 radical (unpaired) electrons. The monoisotopic (exact) mass is 311 g/mol. The van der Waals surface area contributed by atoms with Crippen LogP contribution in [-0.2, 0) is 6.42 Å². The molecule has 0 aliphatic carbocycles. The van der Waals surface area contributed by atoms with Crippen LogP contribution in [0.1, 0.15) is 24.0 Å². The largest absolute Gasteiger partial charge is 0.392 e. The minimum atomic E-state index is 0.480. The quantitative estimate of drug-likeness (QED) is 0.811. The molecule has 23 heavy (non-hydrogen) atoms. The minimum Gasteiger partial charge on any atom is -0.392 e. The first-order valence-electron chi connectivity index (χ1n) is 9.03. The van der Waals surface area contributed by atoms with E-state index in [4.69, 9.17) is 5.73 Å². The molecule has 3 N–H and O–H groups in total. The van der Waals surface area contributed by atoms with E-state index in [1.54, 1.807) is 5.46 Å². The van der Waals surface area contributed by atoms with Crippen molar-refractivity contribution in [3.8, 4) is 0 Å². The number of hydrogen-bond acceptors (Lipinski definition) is 3. The number of piperidine rings is 1. The summed E-state index contributed by atoms with van der Waals surface area (Å²) in [7, 11) is 0. The molecule has 0 spiro atoms. The lowest BCUT2D eigenvalue weighted by Gasteiger charge is -2.33. The average molecular weight is 311 g/mol. The van der Waals surface area contributed by atoms with Gasteiger partial charge in [-0.05, 0) is 45.2 Å². The van der Waals surface area contributed by atoms with Crippen LogP contribution in [0.3, 0.4) is 0 Å². The molecule has 124 valence electrons. The van der Waals surface area contributed by atoms with Crippen LogP contribution in [0.25, 0.3) is 0 Å². The molecule has 2 atom stereocenters.